The number of ether oxygens (including phenoxy) is 2. The van der Waals surface area contributed by atoms with E-state index in [0.29, 0.717) is 27.9 Å². The lowest BCUT2D eigenvalue weighted by Gasteiger charge is -2.33. The van der Waals surface area contributed by atoms with Crippen molar-refractivity contribution in [1.82, 2.24) is 0 Å². The van der Waals surface area contributed by atoms with Crippen LogP contribution in [0.3, 0.4) is 0 Å². The Hall–Kier alpha value is -2.73. The summed E-state index contributed by atoms with van der Waals surface area (Å²) in [5.41, 5.74) is 1.10. The van der Waals surface area contributed by atoms with Gasteiger partial charge in [-0.1, -0.05) is 23.7 Å². The van der Waals surface area contributed by atoms with Crippen LogP contribution in [-0.4, -0.2) is 31.6 Å². The zero-order valence-electron chi connectivity index (χ0n) is 13.8. The molecular weight excluding hydrogens is 344 g/mol. The molecule has 1 N–H and O–H groups in total. The van der Waals surface area contributed by atoms with Crippen LogP contribution in [0.25, 0.3) is 0 Å². The highest BCUT2D eigenvalue weighted by atomic mass is 35.5. The number of fused-ring (bicyclic) bond motifs is 1. The highest BCUT2D eigenvalue weighted by Crippen LogP contribution is 2.33. The van der Waals surface area contributed by atoms with E-state index in [0.717, 1.165) is 0 Å². The summed E-state index contributed by atoms with van der Waals surface area (Å²) in [4.78, 5) is 26.3. The van der Waals surface area contributed by atoms with Crippen molar-refractivity contribution in [3.05, 3.63) is 47.5 Å². The average molecular weight is 361 g/mol. The predicted molar refractivity (Wildman–Crippen MR) is 95.5 cm³/mol. The molecule has 2 aromatic rings. The molecule has 0 fully saturated rings. The Morgan fingerprint density at radius 3 is 2.80 bits per heavy atom. The third kappa shape index (κ3) is 3.39. The first kappa shape index (κ1) is 17.1. The molecule has 0 radical (unpaired) electrons. The maximum absolute atomic E-state index is 12.6. The first-order valence-electron chi connectivity index (χ1n) is 7.69. The van der Waals surface area contributed by atoms with Crippen LogP contribution in [0.2, 0.25) is 5.02 Å². The largest absolute Gasteiger partial charge is 0.495 e. The number of carbonyl (C=O) groups is 2. The highest BCUT2D eigenvalue weighted by molar-refractivity contribution is 6.32. The maximum Gasteiger partial charge on any atom is 0.265 e. The van der Waals surface area contributed by atoms with Crippen LogP contribution < -0.4 is 19.7 Å². The third-order valence-corrected chi connectivity index (χ3v) is 4.23. The van der Waals surface area contributed by atoms with Gasteiger partial charge in [-0.15, -0.1) is 0 Å². The van der Waals surface area contributed by atoms with Gasteiger partial charge in [0.1, 0.15) is 17.5 Å². The van der Waals surface area contributed by atoms with Gasteiger partial charge >= 0.3 is 0 Å². The molecule has 1 aliphatic heterocycles. The number of anilines is 2. The van der Waals surface area contributed by atoms with Gasteiger partial charge in [0, 0.05) is 5.69 Å². The number of carbonyl (C=O) groups excluding carboxylic acids is 2. The Morgan fingerprint density at radius 1 is 1.32 bits per heavy atom. The molecule has 0 bridgehead atoms. The van der Waals surface area contributed by atoms with Crippen molar-refractivity contribution < 1.29 is 19.1 Å². The van der Waals surface area contributed by atoms with Gasteiger partial charge in [0.15, 0.2) is 6.61 Å². The number of halogens is 1. The second-order valence-electron chi connectivity index (χ2n) is 5.53. The van der Waals surface area contributed by atoms with Crippen LogP contribution in [-0.2, 0) is 9.59 Å². The molecule has 0 saturated heterocycles. The van der Waals surface area contributed by atoms with Gasteiger partial charge in [0.2, 0.25) is 5.91 Å². The summed E-state index contributed by atoms with van der Waals surface area (Å²) in [6.07, 6.45) is 0. The lowest BCUT2D eigenvalue weighted by atomic mass is 10.1. The summed E-state index contributed by atoms with van der Waals surface area (Å²) >= 11 is 6.07. The van der Waals surface area contributed by atoms with Gasteiger partial charge in [-0.2, -0.15) is 0 Å². The Kier molecular flexibility index (Phi) is 4.81. The van der Waals surface area contributed by atoms with Gasteiger partial charge in [0.05, 0.1) is 17.8 Å². The second-order valence-corrected chi connectivity index (χ2v) is 5.94. The average Bonchev–Trinajstić information content (AvgIpc) is 2.61. The topological polar surface area (TPSA) is 67.9 Å². The molecular formula is C18H17ClN2O4. The fourth-order valence-corrected chi connectivity index (χ4v) is 2.91. The van der Waals surface area contributed by atoms with Crippen molar-refractivity contribution in [3.63, 3.8) is 0 Å². The van der Waals surface area contributed by atoms with Crippen molar-refractivity contribution in [1.29, 1.82) is 0 Å². The molecule has 1 unspecified atom stereocenters. The van der Waals surface area contributed by atoms with Crippen LogP contribution >= 0.6 is 11.6 Å². The molecule has 0 saturated carbocycles. The summed E-state index contributed by atoms with van der Waals surface area (Å²) in [7, 11) is 1.52. The molecule has 1 aliphatic rings. The summed E-state index contributed by atoms with van der Waals surface area (Å²) in [6.45, 7) is 1.57. The van der Waals surface area contributed by atoms with Crippen molar-refractivity contribution in [2.75, 3.05) is 23.9 Å². The Morgan fingerprint density at radius 2 is 2.08 bits per heavy atom. The molecule has 0 spiro atoms. The smallest absolute Gasteiger partial charge is 0.265 e. The fourth-order valence-electron chi connectivity index (χ4n) is 2.65. The van der Waals surface area contributed by atoms with E-state index in [2.05, 4.69) is 5.32 Å². The van der Waals surface area contributed by atoms with E-state index in [-0.39, 0.29) is 18.4 Å². The molecule has 25 heavy (non-hydrogen) atoms. The summed E-state index contributed by atoms with van der Waals surface area (Å²) in [5.74, 6) is 0.500. The van der Waals surface area contributed by atoms with E-state index in [4.69, 9.17) is 21.1 Å². The lowest BCUT2D eigenvalue weighted by Crippen LogP contribution is -2.49. The minimum Gasteiger partial charge on any atom is -0.495 e. The number of methoxy groups -OCH3 is 1. The number of para-hydroxylation sites is 2. The number of hydrogen-bond acceptors (Lipinski definition) is 4. The number of benzene rings is 2. The SMILES string of the molecule is COc1ccc(NC(=O)C(C)N2C(=O)COc3ccccc32)cc1Cl. The second kappa shape index (κ2) is 7.03. The number of nitrogens with one attached hydrogen (secondary N) is 1. The van der Waals surface area contributed by atoms with Crippen LogP contribution in [0.1, 0.15) is 6.92 Å². The summed E-state index contributed by atoms with van der Waals surface area (Å²) in [6, 6.07) is 11.4. The Bertz CT molecular complexity index is 824. The zero-order chi connectivity index (χ0) is 18.0. The number of nitrogens with zero attached hydrogens (tertiary/aromatic N) is 1. The molecule has 0 aromatic heterocycles. The van der Waals surface area contributed by atoms with Crippen LogP contribution in [0.4, 0.5) is 11.4 Å². The first-order chi connectivity index (χ1) is 12.0. The third-order valence-electron chi connectivity index (χ3n) is 3.93. The molecule has 2 aromatic carbocycles. The van der Waals surface area contributed by atoms with Gasteiger partial charge in [-0.3, -0.25) is 14.5 Å². The standard InChI is InChI=1S/C18H17ClN2O4/c1-11(18(23)20-12-7-8-15(24-2)13(19)9-12)21-14-5-3-4-6-16(14)25-10-17(21)22/h3-9,11H,10H2,1-2H3,(H,20,23). The van der Waals surface area contributed by atoms with E-state index in [1.807, 2.05) is 6.07 Å². The van der Waals surface area contributed by atoms with E-state index in [1.54, 1.807) is 43.3 Å². The van der Waals surface area contributed by atoms with Crippen LogP contribution in [0.15, 0.2) is 42.5 Å². The summed E-state index contributed by atoms with van der Waals surface area (Å²) in [5, 5.41) is 3.16. The van der Waals surface area contributed by atoms with E-state index in [1.165, 1.54) is 12.0 Å². The zero-order valence-corrected chi connectivity index (χ0v) is 14.5. The van der Waals surface area contributed by atoms with Crippen molar-refractivity contribution >= 4 is 34.8 Å². The maximum atomic E-state index is 12.6. The molecule has 6 nitrogen and oxygen atoms in total. The number of amides is 2. The molecule has 0 aliphatic carbocycles. The van der Waals surface area contributed by atoms with E-state index in [9.17, 15) is 9.59 Å². The number of hydrogen-bond donors (Lipinski definition) is 1. The monoisotopic (exact) mass is 360 g/mol. The highest BCUT2D eigenvalue weighted by Gasteiger charge is 2.32. The van der Waals surface area contributed by atoms with Crippen LogP contribution in [0.5, 0.6) is 11.5 Å². The summed E-state index contributed by atoms with van der Waals surface area (Å²) < 4.78 is 10.5. The van der Waals surface area contributed by atoms with Crippen LogP contribution in [0, 0.1) is 0 Å². The molecule has 7 heteroatoms. The molecule has 130 valence electrons. The lowest BCUT2D eigenvalue weighted by molar-refractivity contribution is -0.125. The minimum absolute atomic E-state index is 0.0942. The van der Waals surface area contributed by atoms with E-state index < -0.39 is 6.04 Å². The van der Waals surface area contributed by atoms with Gasteiger partial charge in [-0.25, -0.2) is 0 Å². The quantitative estimate of drug-likeness (QED) is 0.909. The van der Waals surface area contributed by atoms with Crippen molar-refractivity contribution in [2.24, 2.45) is 0 Å². The van der Waals surface area contributed by atoms with Crippen molar-refractivity contribution in [3.8, 4) is 11.5 Å². The Labute approximate surface area is 150 Å². The molecule has 1 atom stereocenters. The predicted octanol–water partition coefficient (Wildman–Crippen LogP) is 3.10. The van der Waals surface area contributed by atoms with E-state index >= 15 is 0 Å². The first-order valence-corrected chi connectivity index (χ1v) is 8.07. The minimum atomic E-state index is -0.710. The molecule has 3 rings (SSSR count). The molecule has 1 heterocycles. The fraction of sp³-hybridized carbons (Fsp3) is 0.222. The Balaban J connectivity index is 1.81. The van der Waals surface area contributed by atoms with Gasteiger partial charge in [-0.05, 0) is 37.3 Å². The number of rotatable bonds is 4. The van der Waals surface area contributed by atoms with Gasteiger partial charge < -0.3 is 14.8 Å². The van der Waals surface area contributed by atoms with Crippen molar-refractivity contribution in [2.45, 2.75) is 13.0 Å². The normalized spacial score (nSPS) is 14.4. The van der Waals surface area contributed by atoms with Gasteiger partial charge in [0.25, 0.3) is 5.91 Å². The molecule has 2 amide bonds.